The Morgan fingerprint density at radius 2 is 0.594 bits per heavy atom. The van der Waals surface area contributed by atoms with Crippen LogP contribution in [0.25, 0.3) is 84.7 Å². The molecule has 15 rings (SSSR count). The fraction of sp³-hybridized carbons (Fsp3) is 0.182. The zero-order valence-corrected chi connectivity index (χ0v) is 63.1. The molecule has 0 fully saturated rings. The third-order valence-corrected chi connectivity index (χ3v) is 25.3. The van der Waals surface area contributed by atoms with Gasteiger partial charge in [0.1, 0.15) is 22.1 Å². The summed E-state index contributed by atoms with van der Waals surface area (Å²) in [7, 11) is 0. The molecule has 0 N–H and O–H groups in total. The maximum atomic E-state index is 4.95. The molecule has 0 saturated heterocycles. The molecular formula is C88H74N6S7. The van der Waals surface area contributed by atoms with Crippen LogP contribution in [0.15, 0.2) is 218 Å². The predicted molar refractivity (Wildman–Crippen MR) is 439 cm³/mol. The summed E-state index contributed by atoms with van der Waals surface area (Å²) in [5.41, 5.74) is 24.6. The summed E-state index contributed by atoms with van der Waals surface area (Å²) in [6.07, 6.45) is 11.6. The Hall–Kier alpha value is -9.38. The Bertz CT molecular complexity index is 5070. The van der Waals surface area contributed by atoms with E-state index in [1.807, 2.05) is 11.3 Å². The number of aryl methyl sites for hydroxylation is 6. The van der Waals surface area contributed by atoms with E-state index >= 15 is 0 Å². The summed E-state index contributed by atoms with van der Waals surface area (Å²) in [6.45, 7) is 13.1. The first-order chi connectivity index (χ1) is 49.6. The molecule has 0 aliphatic carbocycles. The van der Waals surface area contributed by atoms with Gasteiger partial charge in [0.25, 0.3) is 0 Å². The predicted octanol–water partition coefficient (Wildman–Crippen LogP) is 27.2. The molecular weight excluding hydrogens is 1370 g/mol. The Labute approximate surface area is 621 Å². The monoisotopic (exact) mass is 1440 g/mol. The standard InChI is InChI=1S/C88H74N6S7/c1-7-9-11-13-15-63-55-83(75-47-45-73(85-87(75)91-100-89-85)61-25-37-69(38-26-61)93(65-29-17-57(3)18-30-65)66-31-19-58(4)20-32-66)97-77(63)49-41-71-43-51-79(95-71)81-53-54-82(99-81)80-52-44-72(96-80)42-50-78-64(16-14-12-10-8-2)56-84(98-78)76-48-46-74(86-88(76)92-101-90-86)62-27-39-70(40-28-62)94(67-33-21-59(5)22-34-67)68-35-23-60(6)24-36-68/h17-40,43-48,51-56H,7-16H2,1-6H3. The van der Waals surface area contributed by atoms with Crippen molar-refractivity contribution >= 4 is 136 Å². The first-order valence-corrected chi connectivity index (χ1v) is 40.3. The van der Waals surface area contributed by atoms with E-state index in [9.17, 15) is 0 Å². The van der Waals surface area contributed by atoms with E-state index < -0.39 is 0 Å². The number of thiophene rings is 5. The average Bonchev–Trinajstić information content (AvgIpc) is 1.68. The van der Waals surface area contributed by atoms with Crippen LogP contribution < -0.4 is 9.80 Å². The van der Waals surface area contributed by atoms with Gasteiger partial charge in [-0.15, -0.1) is 56.7 Å². The van der Waals surface area contributed by atoms with Crippen LogP contribution in [0.4, 0.5) is 34.1 Å². The van der Waals surface area contributed by atoms with Crippen molar-refractivity contribution in [3.8, 4) is 86.3 Å². The van der Waals surface area contributed by atoms with Gasteiger partial charge in [-0.3, -0.25) is 0 Å². The van der Waals surface area contributed by atoms with Crippen molar-refractivity contribution in [3.63, 3.8) is 0 Å². The van der Waals surface area contributed by atoms with E-state index in [0.717, 1.165) is 135 Å². The number of rotatable bonds is 22. The SMILES string of the molecule is CCCCCCc1cc(-c2ccc(-c3ccc(N(c4ccc(C)cc4)c4ccc(C)cc4)cc3)c3nsnc23)sc1C#Cc1ccc(-c2ccc(-c3ccc(C#Cc4sc(-c5ccc(-c6ccc(N(c7ccc(C)cc7)c7ccc(C)cc7)cc6)c6nsnc56)cc4CCCCCC)s3)s2)s1. The van der Waals surface area contributed by atoms with Crippen LogP contribution in [0.3, 0.4) is 0 Å². The second kappa shape index (κ2) is 30.8. The summed E-state index contributed by atoms with van der Waals surface area (Å²) >= 11 is 11.5. The van der Waals surface area contributed by atoms with E-state index in [4.69, 9.17) is 17.5 Å². The molecule has 7 aromatic heterocycles. The number of anilines is 6. The molecule has 0 saturated carbocycles. The Morgan fingerprint density at radius 1 is 0.287 bits per heavy atom. The van der Waals surface area contributed by atoms with Gasteiger partial charge in [0.2, 0.25) is 0 Å². The lowest BCUT2D eigenvalue weighted by Crippen LogP contribution is -2.09. The number of hydrogen-bond donors (Lipinski definition) is 0. The molecule has 0 unspecified atom stereocenters. The molecule has 0 atom stereocenters. The zero-order valence-electron chi connectivity index (χ0n) is 57.4. The average molecular weight is 1440 g/mol. The highest BCUT2D eigenvalue weighted by molar-refractivity contribution is 7.26. The molecule has 0 bridgehead atoms. The molecule has 8 aromatic carbocycles. The highest BCUT2D eigenvalue weighted by Crippen LogP contribution is 2.45. The quantitative estimate of drug-likeness (QED) is 0.0498. The van der Waals surface area contributed by atoms with E-state index in [-0.39, 0.29) is 0 Å². The van der Waals surface area contributed by atoms with Gasteiger partial charge in [0.15, 0.2) is 0 Å². The van der Waals surface area contributed by atoms with Crippen molar-refractivity contribution < 1.29 is 0 Å². The molecule has 498 valence electrons. The van der Waals surface area contributed by atoms with Crippen LogP contribution in [0, 0.1) is 51.4 Å². The summed E-state index contributed by atoms with van der Waals surface area (Å²) in [5, 5.41) is 0. The van der Waals surface area contributed by atoms with Crippen LogP contribution in [-0.2, 0) is 12.8 Å². The first-order valence-electron chi connectivity index (χ1n) is 34.8. The van der Waals surface area contributed by atoms with Crippen molar-refractivity contribution in [2.75, 3.05) is 9.80 Å². The lowest BCUT2D eigenvalue weighted by molar-refractivity contribution is 0.667. The summed E-state index contributed by atoms with van der Waals surface area (Å²) in [5.74, 6) is 14.6. The molecule has 13 heteroatoms. The molecule has 0 spiro atoms. The summed E-state index contributed by atoms with van der Waals surface area (Å²) in [4.78, 5) is 16.3. The lowest BCUT2D eigenvalue weighted by Gasteiger charge is -2.26. The lowest BCUT2D eigenvalue weighted by atomic mass is 9.99. The molecule has 0 aliphatic rings. The zero-order chi connectivity index (χ0) is 68.8. The maximum absolute atomic E-state index is 4.95. The van der Waals surface area contributed by atoms with Gasteiger partial charge in [-0.25, -0.2) is 0 Å². The fourth-order valence-corrected chi connectivity index (χ4v) is 19.2. The van der Waals surface area contributed by atoms with Gasteiger partial charge >= 0.3 is 0 Å². The van der Waals surface area contributed by atoms with E-state index in [0.29, 0.717) is 0 Å². The van der Waals surface area contributed by atoms with Crippen LogP contribution >= 0.6 is 80.1 Å². The fourth-order valence-electron chi connectivity index (χ4n) is 13.0. The maximum Gasteiger partial charge on any atom is 0.114 e. The van der Waals surface area contributed by atoms with Crippen molar-refractivity contribution in [1.82, 2.24) is 17.5 Å². The third-order valence-electron chi connectivity index (χ3n) is 18.5. The van der Waals surface area contributed by atoms with Crippen molar-refractivity contribution in [3.05, 3.63) is 271 Å². The summed E-state index contributed by atoms with van der Waals surface area (Å²) < 4.78 is 19.8. The molecule has 6 nitrogen and oxygen atoms in total. The minimum absolute atomic E-state index is 0.927. The van der Waals surface area contributed by atoms with E-state index in [1.165, 1.54) is 125 Å². The molecule has 101 heavy (non-hydrogen) atoms. The number of hydrogen-bond acceptors (Lipinski definition) is 13. The third kappa shape index (κ3) is 15.0. The van der Waals surface area contributed by atoms with Crippen molar-refractivity contribution in [1.29, 1.82) is 0 Å². The van der Waals surface area contributed by atoms with Gasteiger partial charge in [0, 0.05) is 85.6 Å². The number of aromatic nitrogens is 4. The molecule has 15 aromatic rings. The van der Waals surface area contributed by atoms with Crippen LogP contribution in [0.5, 0.6) is 0 Å². The number of fused-ring (bicyclic) bond motifs is 2. The normalized spacial score (nSPS) is 11.3. The van der Waals surface area contributed by atoms with E-state index in [1.54, 1.807) is 45.3 Å². The Morgan fingerprint density at radius 3 is 0.941 bits per heavy atom. The molecule has 0 amide bonds. The highest BCUT2D eigenvalue weighted by atomic mass is 32.1. The molecule has 0 aliphatic heterocycles. The minimum atomic E-state index is 0.927. The van der Waals surface area contributed by atoms with Gasteiger partial charge in [-0.2, -0.15) is 17.5 Å². The van der Waals surface area contributed by atoms with E-state index in [2.05, 4.69) is 293 Å². The van der Waals surface area contributed by atoms with Gasteiger partial charge in [0.05, 0.1) is 43.0 Å². The molecule has 7 heterocycles. The van der Waals surface area contributed by atoms with Gasteiger partial charge in [-0.1, -0.05) is 172 Å². The number of benzene rings is 8. The van der Waals surface area contributed by atoms with Crippen LogP contribution in [0.1, 0.15) is 118 Å². The van der Waals surface area contributed by atoms with Crippen LogP contribution in [-0.4, -0.2) is 17.5 Å². The Kier molecular flexibility index (Phi) is 20.6. The highest BCUT2D eigenvalue weighted by Gasteiger charge is 2.22. The summed E-state index contributed by atoms with van der Waals surface area (Å²) in [6, 6.07) is 79.7. The van der Waals surface area contributed by atoms with Gasteiger partial charge in [-0.05, 0) is 221 Å². The van der Waals surface area contributed by atoms with Crippen molar-refractivity contribution in [2.24, 2.45) is 0 Å². The van der Waals surface area contributed by atoms with Gasteiger partial charge < -0.3 is 9.80 Å². The largest absolute Gasteiger partial charge is 0.311 e. The molecule has 0 radical (unpaired) electrons. The minimum Gasteiger partial charge on any atom is -0.311 e. The Balaban J connectivity index is 0.646. The smallest absolute Gasteiger partial charge is 0.114 e. The first kappa shape index (κ1) is 67.4. The topological polar surface area (TPSA) is 58.0 Å². The number of nitrogens with zero attached hydrogens (tertiary/aromatic N) is 6. The van der Waals surface area contributed by atoms with Crippen LogP contribution in [0.2, 0.25) is 0 Å². The second-order valence-electron chi connectivity index (χ2n) is 25.9. The second-order valence-corrected chi connectivity index (χ2v) is 32.3. The number of unbranched alkanes of at least 4 members (excludes halogenated alkanes) is 6. The van der Waals surface area contributed by atoms with Crippen molar-refractivity contribution in [2.45, 2.75) is 106 Å².